The highest BCUT2D eigenvalue weighted by Crippen LogP contribution is 2.27. The topological polar surface area (TPSA) is 106 Å². The molecule has 0 spiro atoms. The smallest absolute Gasteiger partial charge is 0.354 e. The highest BCUT2D eigenvalue weighted by Gasteiger charge is 2.25. The quantitative estimate of drug-likeness (QED) is 0.537. The Hall–Kier alpha value is -2.12. The summed E-state index contributed by atoms with van der Waals surface area (Å²) < 4.78 is 4.80. The number of rotatable bonds is 2. The van der Waals surface area contributed by atoms with Gasteiger partial charge in [-0.1, -0.05) is 5.16 Å². The Labute approximate surface area is 84.5 Å². The first-order valence-corrected chi connectivity index (χ1v) is 4.34. The Bertz CT molecular complexity index is 424. The molecule has 8 heteroatoms. The molecule has 1 aromatic heterocycles. The first-order chi connectivity index (χ1) is 7.18. The number of aryl methyl sites for hydroxylation is 1. The number of nitrogens with one attached hydrogen (secondary N) is 2. The predicted molar refractivity (Wildman–Crippen MR) is 51.8 cm³/mol. The summed E-state index contributed by atoms with van der Waals surface area (Å²) in [6, 6.07) is 0. The monoisotopic (exact) mass is 211 g/mol. The van der Waals surface area contributed by atoms with Crippen LogP contribution < -0.4 is 10.6 Å². The standard InChI is InChI=1S/C7H9N5O3/c1-4-5(12(13)14)6(15-11-4)10-7-8-2-3-9-7/h2-3H2,1H3,(H2,8,9,10). The minimum Gasteiger partial charge on any atom is -0.354 e. The summed E-state index contributed by atoms with van der Waals surface area (Å²) in [5, 5.41) is 19.8. The molecule has 0 aliphatic carbocycles. The van der Waals surface area contributed by atoms with Crippen molar-refractivity contribution in [2.75, 3.05) is 18.4 Å². The lowest BCUT2D eigenvalue weighted by molar-refractivity contribution is -0.384. The maximum absolute atomic E-state index is 10.7. The number of hydrogen-bond acceptors (Lipinski definition) is 7. The zero-order valence-corrected chi connectivity index (χ0v) is 7.98. The van der Waals surface area contributed by atoms with Crippen LogP contribution in [0.1, 0.15) is 5.69 Å². The van der Waals surface area contributed by atoms with Crippen LogP contribution in [0.2, 0.25) is 0 Å². The van der Waals surface area contributed by atoms with Crippen LogP contribution >= 0.6 is 0 Å². The molecule has 1 aliphatic heterocycles. The zero-order valence-electron chi connectivity index (χ0n) is 7.98. The summed E-state index contributed by atoms with van der Waals surface area (Å²) in [6.45, 7) is 2.86. The normalized spacial score (nSPS) is 14.6. The minimum absolute atomic E-state index is 0.00523. The summed E-state index contributed by atoms with van der Waals surface area (Å²) in [5.74, 6) is 0.472. The van der Waals surface area contributed by atoms with Crippen molar-refractivity contribution in [3.05, 3.63) is 15.8 Å². The van der Waals surface area contributed by atoms with Gasteiger partial charge < -0.3 is 9.84 Å². The van der Waals surface area contributed by atoms with Crippen molar-refractivity contribution in [3.63, 3.8) is 0 Å². The molecule has 0 aromatic carbocycles. The summed E-state index contributed by atoms with van der Waals surface area (Å²) in [7, 11) is 0. The van der Waals surface area contributed by atoms with Crippen LogP contribution in [-0.4, -0.2) is 29.1 Å². The fourth-order valence-electron chi connectivity index (χ4n) is 1.25. The fourth-order valence-corrected chi connectivity index (χ4v) is 1.25. The third-order valence-electron chi connectivity index (χ3n) is 1.92. The van der Waals surface area contributed by atoms with Crippen molar-refractivity contribution < 1.29 is 9.45 Å². The van der Waals surface area contributed by atoms with E-state index in [2.05, 4.69) is 20.8 Å². The highest BCUT2D eigenvalue weighted by molar-refractivity contribution is 5.95. The Morgan fingerprint density at radius 3 is 3.07 bits per heavy atom. The van der Waals surface area contributed by atoms with Gasteiger partial charge in [0.2, 0.25) is 0 Å². The number of nitro groups is 1. The third-order valence-corrected chi connectivity index (χ3v) is 1.92. The number of anilines is 1. The molecule has 0 radical (unpaired) electrons. The fraction of sp³-hybridized carbons (Fsp3) is 0.429. The lowest BCUT2D eigenvalue weighted by Gasteiger charge is -2.00. The molecule has 2 N–H and O–H groups in total. The molecule has 2 heterocycles. The molecule has 8 nitrogen and oxygen atoms in total. The summed E-state index contributed by atoms with van der Waals surface area (Å²) in [4.78, 5) is 14.2. The van der Waals surface area contributed by atoms with Crippen LogP contribution in [0.4, 0.5) is 11.6 Å². The van der Waals surface area contributed by atoms with Crippen LogP contribution in [-0.2, 0) is 0 Å². The van der Waals surface area contributed by atoms with Crippen LogP contribution in [0, 0.1) is 17.0 Å². The van der Waals surface area contributed by atoms with Crippen LogP contribution in [0.5, 0.6) is 0 Å². The minimum atomic E-state index is -0.538. The van der Waals surface area contributed by atoms with E-state index in [4.69, 9.17) is 4.52 Å². The van der Waals surface area contributed by atoms with E-state index in [1.54, 1.807) is 0 Å². The molecule has 15 heavy (non-hydrogen) atoms. The zero-order chi connectivity index (χ0) is 10.8. The molecular weight excluding hydrogens is 202 g/mol. The first-order valence-electron chi connectivity index (χ1n) is 4.34. The van der Waals surface area contributed by atoms with Gasteiger partial charge in [0.15, 0.2) is 11.7 Å². The van der Waals surface area contributed by atoms with Crippen molar-refractivity contribution in [1.29, 1.82) is 0 Å². The van der Waals surface area contributed by atoms with Crippen molar-refractivity contribution in [1.82, 2.24) is 10.5 Å². The molecule has 0 atom stereocenters. The van der Waals surface area contributed by atoms with E-state index in [-0.39, 0.29) is 17.3 Å². The highest BCUT2D eigenvalue weighted by atomic mass is 16.6. The van der Waals surface area contributed by atoms with Gasteiger partial charge in [0.25, 0.3) is 0 Å². The van der Waals surface area contributed by atoms with E-state index in [0.29, 0.717) is 19.0 Å². The summed E-state index contributed by atoms with van der Waals surface area (Å²) in [6.07, 6.45) is 0. The number of aromatic nitrogens is 1. The Kier molecular flexibility index (Phi) is 2.24. The van der Waals surface area contributed by atoms with E-state index < -0.39 is 4.92 Å². The largest absolute Gasteiger partial charge is 0.356 e. The van der Waals surface area contributed by atoms with Crippen molar-refractivity contribution in [2.45, 2.75) is 6.92 Å². The number of guanidine groups is 1. The number of hydrogen-bond donors (Lipinski definition) is 2. The third kappa shape index (κ3) is 1.73. The van der Waals surface area contributed by atoms with E-state index >= 15 is 0 Å². The van der Waals surface area contributed by atoms with Gasteiger partial charge in [0.05, 0.1) is 11.5 Å². The van der Waals surface area contributed by atoms with Gasteiger partial charge in [0.1, 0.15) is 0 Å². The molecule has 0 saturated carbocycles. The van der Waals surface area contributed by atoms with E-state index in [9.17, 15) is 10.1 Å². The maximum atomic E-state index is 10.7. The van der Waals surface area contributed by atoms with Crippen LogP contribution in [0.3, 0.4) is 0 Å². The predicted octanol–water partition coefficient (Wildman–Crippen LogP) is 0.262. The maximum Gasteiger partial charge on any atom is 0.356 e. The molecule has 0 saturated heterocycles. The SMILES string of the molecule is Cc1noc(NC2=NCCN2)c1[N+](=O)[O-]. The summed E-state index contributed by atoms with van der Waals surface area (Å²) >= 11 is 0. The van der Waals surface area contributed by atoms with Gasteiger partial charge >= 0.3 is 11.6 Å². The van der Waals surface area contributed by atoms with E-state index in [1.165, 1.54) is 6.92 Å². The Morgan fingerprint density at radius 2 is 2.47 bits per heavy atom. The van der Waals surface area contributed by atoms with Gasteiger partial charge in [-0.15, -0.1) is 0 Å². The molecule has 0 unspecified atom stereocenters. The van der Waals surface area contributed by atoms with Gasteiger partial charge in [-0.05, 0) is 6.92 Å². The van der Waals surface area contributed by atoms with Crippen molar-refractivity contribution >= 4 is 17.5 Å². The molecular formula is C7H9N5O3. The second-order valence-electron chi connectivity index (χ2n) is 2.98. The van der Waals surface area contributed by atoms with Crippen molar-refractivity contribution in [2.24, 2.45) is 4.99 Å². The molecule has 0 amide bonds. The van der Waals surface area contributed by atoms with Gasteiger partial charge in [-0.25, -0.2) is 0 Å². The second kappa shape index (κ2) is 3.56. The van der Waals surface area contributed by atoms with Gasteiger partial charge in [0, 0.05) is 6.54 Å². The Balaban J connectivity index is 2.24. The number of nitrogens with zero attached hydrogens (tertiary/aromatic N) is 3. The van der Waals surface area contributed by atoms with Crippen LogP contribution in [0.15, 0.2) is 9.52 Å². The van der Waals surface area contributed by atoms with Crippen molar-refractivity contribution in [3.8, 4) is 0 Å². The van der Waals surface area contributed by atoms with Crippen LogP contribution in [0.25, 0.3) is 0 Å². The molecule has 2 rings (SSSR count). The molecule has 80 valence electrons. The molecule has 0 bridgehead atoms. The lowest BCUT2D eigenvalue weighted by atomic mass is 10.4. The van der Waals surface area contributed by atoms with E-state index in [0.717, 1.165) is 0 Å². The second-order valence-corrected chi connectivity index (χ2v) is 2.98. The average Bonchev–Trinajstić information content (AvgIpc) is 2.76. The molecule has 0 fully saturated rings. The summed E-state index contributed by atoms with van der Waals surface area (Å²) in [5.41, 5.74) is 0.0764. The number of aliphatic imine (C=N–C) groups is 1. The van der Waals surface area contributed by atoms with Gasteiger partial charge in [-0.3, -0.25) is 20.4 Å². The Morgan fingerprint density at radius 1 is 1.67 bits per heavy atom. The first kappa shape index (κ1) is 9.44. The lowest BCUT2D eigenvalue weighted by Crippen LogP contribution is -2.26. The molecule has 1 aromatic rings. The van der Waals surface area contributed by atoms with Gasteiger partial charge in [-0.2, -0.15) is 0 Å². The average molecular weight is 211 g/mol. The molecule has 1 aliphatic rings. The van der Waals surface area contributed by atoms with E-state index in [1.807, 2.05) is 0 Å².